The van der Waals surface area contributed by atoms with Gasteiger partial charge in [0.1, 0.15) is 0 Å². The minimum Gasteiger partial charge on any atom is -0.297 e. The summed E-state index contributed by atoms with van der Waals surface area (Å²) in [6.07, 6.45) is -0.00542. The predicted molar refractivity (Wildman–Crippen MR) is 69.3 cm³/mol. The maximum Gasteiger partial charge on any atom is 0.294 e. The molecule has 0 aromatic heterocycles. The van der Waals surface area contributed by atoms with E-state index >= 15 is 0 Å². The van der Waals surface area contributed by atoms with Crippen molar-refractivity contribution >= 4 is 34.1 Å². The molecule has 2 aromatic rings. The molecule has 2 rings (SSSR count). The van der Waals surface area contributed by atoms with Crippen molar-refractivity contribution in [1.29, 1.82) is 0 Å². The zero-order valence-electron chi connectivity index (χ0n) is 10.1. The molecule has 0 saturated heterocycles. The first kappa shape index (κ1) is 14.0. The molecule has 0 radical (unpaired) electrons. The molecule has 0 aliphatic carbocycles. The third-order valence-electron chi connectivity index (χ3n) is 2.82. The molecule has 0 spiro atoms. The number of aldehydes is 1. The molecule has 0 aliphatic rings. The largest absolute Gasteiger partial charge is 0.297 e. The molecule has 0 bridgehead atoms. The van der Waals surface area contributed by atoms with Crippen molar-refractivity contribution in [2.75, 3.05) is 0 Å². The van der Waals surface area contributed by atoms with Gasteiger partial charge in [-0.05, 0) is 11.5 Å². The molecule has 10 nitrogen and oxygen atoms in total. The van der Waals surface area contributed by atoms with E-state index in [1.807, 2.05) is 0 Å². The number of carbonyl (C=O) groups is 1. The van der Waals surface area contributed by atoms with E-state index in [1.54, 1.807) is 0 Å². The average Bonchev–Trinajstić information content (AvgIpc) is 2.43. The molecule has 0 atom stereocenters. The minimum atomic E-state index is -0.969. The molecule has 0 aliphatic heterocycles. The predicted octanol–water partition coefficient (Wildman–Crippen LogP) is 2.38. The lowest BCUT2D eigenvalue weighted by atomic mass is 10.0. The highest BCUT2D eigenvalue weighted by molar-refractivity contribution is 6.03. The lowest BCUT2D eigenvalue weighted by Crippen LogP contribution is -2.02. The number of nitro groups is 3. The van der Waals surface area contributed by atoms with Gasteiger partial charge >= 0.3 is 0 Å². The number of hydrogen-bond acceptors (Lipinski definition) is 7. The van der Waals surface area contributed by atoms with Crippen molar-refractivity contribution in [3.05, 3.63) is 60.2 Å². The van der Waals surface area contributed by atoms with Crippen LogP contribution in [0.15, 0.2) is 24.3 Å². The van der Waals surface area contributed by atoms with Crippen LogP contribution in [0, 0.1) is 30.3 Å². The van der Waals surface area contributed by atoms with E-state index in [0.717, 1.165) is 24.3 Å². The topological polar surface area (TPSA) is 146 Å². The summed E-state index contributed by atoms with van der Waals surface area (Å²) in [4.78, 5) is 41.0. The summed E-state index contributed by atoms with van der Waals surface area (Å²) in [5, 5.41) is 32.6. The van der Waals surface area contributed by atoms with Gasteiger partial charge in [0, 0.05) is 18.2 Å². The van der Waals surface area contributed by atoms with Crippen LogP contribution in [0.25, 0.3) is 10.8 Å². The Morgan fingerprint density at radius 1 is 0.905 bits per heavy atom. The van der Waals surface area contributed by atoms with E-state index in [2.05, 4.69) is 0 Å². The molecule has 0 N–H and O–H groups in total. The van der Waals surface area contributed by atoms with Crippen LogP contribution in [0.5, 0.6) is 0 Å². The lowest BCUT2D eigenvalue weighted by molar-refractivity contribution is -0.393. The molecule has 2 aromatic carbocycles. The van der Waals surface area contributed by atoms with Gasteiger partial charge in [0.15, 0.2) is 11.8 Å². The van der Waals surface area contributed by atoms with Crippen molar-refractivity contribution in [1.82, 2.24) is 0 Å². The van der Waals surface area contributed by atoms with Crippen LogP contribution < -0.4 is 0 Å². The molecule has 106 valence electrons. The third-order valence-corrected chi connectivity index (χ3v) is 2.82. The van der Waals surface area contributed by atoms with Crippen LogP contribution in [0.3, 0.4) is 0 Å². The van der Waals surface area contributed by atoms with Gasteiger partial charge < -0.3 is 0 Å². The minimum absolute atomic E-state index is 0.00542. The van der Waals surface area contributed by atoms with Crippen LogP contribution in [0.2, 0.25) is 0 Å². The number of nitro benzene ring substituents is 3. The molecule has 0 unspecified atom stereocenters. The third kappa shape index (κ3) is 2.25. The number of carbonyl (C=O) groups excluding carboxylic acids is 1. The Hall–Kier alpha value is -3.43. The molecule has 21 heavy (non-hydrogen) atoms. The fourth-order valence-corrected chi connectivity index (χ4v) is 1.94. The van der Waals surface area contributed by atoms with E-state index in [1.165, 1.54) is 0 Å². The van der Waals surface area contributed by atoms with Gasteiger partial charge in [0.05, 0.1) is 20.2 Å². The van der Waals surface area contributed by atoms with Gasteiger partial charge in [-0.2, -0.15) is 0 Å². The van der Waals surface area contributed by atoms with Crippen LogP contribution >= 0.6 is 0 Å². The normalized spacial score (nSPS) is 10.3. The van der Waals surface area contributed by atoms with E-state index < -0.39 is 37.4 Å². The van der Waals surface area contributed by atoms with Crippen molar-refractivity contribution in [2.24, 2.45) is 0 Å². The molecule has 0 amide bonds. The summed E-state index contributed by atoms with van der Waals surface area (Å²) in [5.41, 5.74) is -2.69. The van der Waals surface area contributed by atoms with Gasteiger partial charge in [-0.1, -0.05) is 0 Å². The van der Waals surface area contributed by atoms with Gasteiger partial charge in [-0.15, -0.1) is 0 Å². The number of hydrogen-bond donors (Lipinski definition) is 0. The fraction of sp³-hybridized carbons (Fsp3) is 0. The second-order valence-corrected chi connectivity index (χ2v) is 3.95. The van der Waals surface area contributed by atoms with Crippen LogP contribution in [0.1, 0.15) is 10.4 Å². The van der Waals surface area contributed by atoms with Crippen LogP contribution in [-0.2, 0) is 0 Å². The summed E-state index contributed by atoms with van der Waals surface area (Å²) in [6, 6.07) is 4.10. The Morgan fingerprint density at radius 2 is 1.57 bits per heavy atom. The molecular weight excluding hydrogens is 286 g/mol. The van der Waals surface area contributed by atoms with Gasteiger partial charge in [0.25, 0.3) is 17.1 Å². The second kappa shape index (κ2) is 4.92. The smallest absolute Gasteiger partial charge is 0.294 e. The van der Waals surface area contributed by atoms with Gasteiger partial charge in [-0.3, -0.25) is 35.1 Å². The summed E-state index contributed by atoms with van der Waals surface area (Å²) >= 11 is 0. The average molecular weight is 291 g/mol. The second-order valence-electron chi connectivity index (χ2n) is 3.95. The summed E-state index contributed by atoms with van der Waals surface area (Å²) in [7, 11) is 0. The standard InChI is InChI=1S/C11H5N3O7/c15-5-9-10(13(18)19)3-6-1-2-7(12(16)17)4-8(6)11(9)14(20)21/h1-5H. The quantitative estimate of drug-likeness (QED) is 0.477. The zero-order chi connectivity index (χ0) is 15.7. The Bertz CT molecular complexity index is 815. The number of benzene rings is 2. The first-order valence-electron chi connectivity index (χ1n) is 5.36. The van der Waals surface area contributed by atoms with Crippen molar-refractivity contribution < 1.29 is 19.6 Å². The molecule has 0 heterocycles. The van der Waals surface area contributed by atoms with Crippen LogP contribution in [-0.4, -0.2) is 21.1 Å². The van der Waals surface area contributed by atoms with Gasteiger partial charge in [0.2, 0.25) is 0 Å². The summed E-state index contributed by atoms with van der Waals surface area (Å²) < 4.78 is 0. The maximum absolute atomic E-state index is 11.1. The number of rotatable bonds is 4. The van der Waals surface area contributed by atoms with Crippen molar-refractivity contribution in [3.8, 4) is 0 Å². The van der Waals surface area contributed by atoms with E-state index in [9.17, 15) is 35.1 Å². The SMILES string of the molecule is O=Cc1c([N+](=O)[O-])cc2ccc([N+](=O)[O-])cc2c1[N+](=O)[O-]. The first-order chi connectivity index (χ1) is 9.86. The van der Waals surface area contributed by atoms with E-state index in [4.69, 9.17) is 0 Å². The fourth-order valence-electron chi connectivity index (χ4n) is 1.94. The molecular formula is C11H5N3O7. The number of fused-ring (bicyclic) bond motifs is 1. The molecule has 0 saturated carbocycles. The van der Waals surface area contributed by atoms with Crippen molar-refractivity contribution in [2.45, 2.75) is 0 Å². The zero-order valence-corrected chi connectivity index (χ0v) is 10.1. The Kier molecular flexibility index (Phi) is 3.28. The lowest BCUT2D eigenvalue weighted by Gasteiger charge is -2.03. The van der Waals surface area contributed by atoms with E-state index in [0.29, 0.717) is 0 Å². The highest BCUT2D eigenvalue weighted by atomic mass is 16.6. The Labute approximate surface area is 115 Å². The highest BCUT2D eigenvalue weighted by Gasteiger charge is 2.29. The maximum atomic E-state index is 11.1. The van der Waals surface area contributed by atoms with Crippen LogP contribution in [0.4, 0.5) is 17.1 Å². The highest BCUT2D eigenvalue weighted by Crippen LogP contribution is 2.37. The number of nitrogens with zero attached hydrogens (tertiary/aromatic N) is 3. The monoisotopic (exact) mass is 291 g/mol. The summed E-state index contributed by atoms with van der Waals surface area (Å²) in [6.45, 7) is 0. The molecule has 0 fully saturated rings. The first-order valence-corrected chi connectivity index (χ1v) is 5.36. The Balaban J connectivity index is 3.00. The van der Waals surface area contributed by atoms with Gasteiger partial charge in [-0.25, -0.2) is 0 Å². The Morgan fingerprint density at radius 3 is 2.05 bits per heavy atom. The van der Waals surface area contributed by atoms with E-state index in [-0.39, 0.29) is 17.1 Å². The molecule has 10 heteroatoms. The van der Waals surface area contributed by atoms with Crippen molar-refractivity contribution in [3.63, 3.8) is 0 Å². The number of non-ortho nitro benzene ring substituents is 1. The summed E-state index contributed by atoms with van der Waals surface area (Å²) in [5.74, 6) is 0.